The van der Waals surface area contributed by atoms with Crippen molar-refractivity contribution < 1.29 is 9.90 Å². The molecule has 90 valence electrons. The molecule has 0 aromatic carbocycles. The number of carbonyl (C=O) groups is 1. The Morgan fingerprint density at radius 2 is 2.41 bits per heavy atom. The van der Waals surface area contributed by atoms with Crippen molar-refractivity contribution in [2.75, 3.05) is 0 Å². The van der Waals surface area contributed by atoms with E-state index in [1.54, 1.807) is 11.3 Å². The maximum absolute atomic E-state index is 10.9. The minimum absolute atomic E-state index is 0.0832. The average molecular weight is 317 g/mol. The first-order valence-corrected chi connectivity index (χ1v) is 6.38. The third-order valence-electron chi connectivity index (χ3n) is 2.22. The van der Waals surface area contributed by atoms with Crippen LogP contribution in [0.25, 0.3) is 0 Å². The summed E-state index contributed by atoms with van der Waals surface area (Å²) < 4.78 is 2.48. The van der Waals surface area contributed by atoms with Crippen LogP contribution in [0.5, 0.6) is 0 Å². The van der Waals surface area contributed by atoms with Crippen LogP contribution in [0.4, 0.5) is 0 Å². The fourth-order valence-electron chi connectivity index (χ4n) is 1.40. The highest BCUT2D eigenvalue weighted by atomic mass is 79.9. The highest BCUT2D eigenvalue weighted by molar-refractivity contribution is 9.10. The summed E-state index contributed by atoms with van der Waals surface area (Å²) in [5, 5.41) is 18.3. The number of rotatable bonds is 4. The van der Waals surface area contributed by atoms with E-state index in [2.05, 4.69) is 26.2 Å². The number of carboxylic acids is 1. The maximum Gasteiger partial charge on any atom is 0.358 e. The zero-order chi connectivity index (χ0) is 12.4. The van der Waals surface area contributed by atoms with Crippen LogP contribution in [0.1, 0.15) is 21.1 Å². The summed E-state index contributed by atoms with van der Waals surface area (Å²) in [6.07, 6.45) is 0. The van der Waals surface area contributed by atoms with Gasteiger partial charge in [-0.1, -0.05) is 5.21 Å². The molecule has 2 heterocycles. The second kappa shape index (κ2) is 4.94. The Balaban J connectivity index is 2.34. The van der Waals surface area contributed by atoms with Gasteiger partial charge in [0.05, 0.1) is 12.2 Å². The third kappa shape index (κ3) is 2.38. The van der Waals surface area contributed by atoms with Gasteiger partial charge in [0, 0.05) is 15.9 Å². The van der Waals surface area contributed by atoms with Gasteiger partial charge in [-0.3, -0.25) is 0 Å². The van der Waals surface area contributed by atoms with Gasteiger partial charge in [0.15, 0.2) is 5.69 Å². The van der Waals surface area contributed by atoms with Crippen LogP contribution in [0, 0.1) is 0 Å². The van der Waals surface area contributed by atoms with Crippen LogP contribution in [0.3, 0.4) is 0 Å². The lowest BCUT2D eigenvalue weighted by Crippen LogP contribution is -2.12. The Labute approximate surface area is 109 Å². The minimum Gasteiger partial charge on any atom is -0.476 e. The standard InChI is InChI=1S/C9H9BrN4O2S/c10-5-1-2-17-7(5)4-14-6(3-11)8(9(15)16)12-13-14/h1-2H,3-4,11H2,(H,15,16). The van der Waals surface area contributed by atoms with Gasteiger partial charge in [-0.05, 0) is 27.4 Å². The zero-order valence-corrected chi connectivity index (χ0v) is 11.0. The maximum atomic E-state index is 10.9. The van der Waals surface area contributed by atoms with E-state index in [1.807, 2.05) is 11.4 Å². The number of nitrogens with two attached hydrogens (primary N) is 1. The number of hydrogen-bond donors (Lipinski definition) is 2. The fourth-order valence-corrected chi connectivity index (χ4v) is 2.86. The molecule has 3 N–H and O–H groups in total. The Kier molecular flexibility index (Phi) is 3.55. The summed E-state index contributed by atoms with van der Waals surface area (Å²) in [6.45, 7) is 0.558. The summed E-state index contributed by atoms with van der Waals surface area (Å²) in [4.78, 5) is 11.9. The normalized spacial score (nSPS) is 10.7. The predicted octanol–water partition coefficient (Wildman–Crippen LogP) is 1.31. The molecule has 6 nitrogen and oxygen atoms in total. The molecule has 0 aliphatic rings. The lowest BCUT2D eigenvalue weighted by atomic mass is 10.3. The molecule has 0 saturated heterocycles. The van der Waals surface area contributed by atoms with Crippen LogP contribution < -0.4 is 5.73 Å². The predicted molar refractivity (Wildman–Crippen MR) is 66.0 cm³/mol. The first-order valence-electron chi connectivity index (χ1n) is 4.71. The molecule has 2 aromatic heterocycles. The van der Waals surface area contributed by atoms with E-state index in [4.69, 9.17) is 10.8 Å². The van der Waals surface area contributed by atoms with Crippen LogP contribution in [0.15, 0.2) is 15.9 Å². The van der Waals surface area contributed by atoms with Crippen molar-refractivity contribution in [2.24, 2.45) is 5.73 Å². The zero-order valence-electron chi connectivity index (χ0n) is 8.63. The van der Waals surface area contributed by atoms with Gasteiger partial charge >= 0.3 is 5.97 Å². The first-order chi connectivity index (χ1) is 8.13. The molecule has 0 atom stereocenters. The van der Waals surface area contributed by atoms with Gasteiger partial charge in [-0.25, -0.2) is 9.48 Å². The quantitative estimate of drug-likeness (QED) is 0.886. The van der Waals surface area contributed by atoms with E-state index in [0.29, 0.717) is 12.2 Å². The van der Waals surface area contributed by atoms with E-state index in [9.17, 15) is 4.79 Å². The van der Waals surface area contributed by atoms with E-state index < -0.39 is 5.97 Å². The molecule has 2 rings (SSSR count). The molecular formula is C9H9BrN4O2S. The summed E-state index contributed by atoms with van der Waals surface area (Å²) in [7, 11) is 0. The van der Waals surface area contributed by atoms with Gasteiger partial charge in [0.2, 0.25) is 0 Å². The largest absolute Gasteiger partial charge is 0.476 e. The molecular weight excluding hydrogens is 308 g/mol. The summed E-state index contributed by atoms with van der Waals surface area (Å²) in [6, 6.07) is 1.93. The van der Waals surface area contributed by atoms with Crippen molar-refractivity contribution in [1.29, 1.82) is 0 Å². The molecule has 0 bridgehead atoms. The summed E-state index contributed by atoms with van der Waals surface area (Å²) in [5.41, 5.74) is 5.87. The highest BCUT2D eigenvalue weighted by Gasteiger charge is 2.18. The number of nitrogens with zero attached hydrogens (tertiary/aromatic N) is 3. The second-order valence-corrected chi connectivity index (χ2v) is 5.10. The number of aromatic nitrogens is 3. The molecule has 0 saturated carbocycles. The molecule has 17 heavy (non-hydrogen) atoms. The molecule has 0 aliphatic heterocycles. The molecule has 2 aromatic rings. The van der Waals surface area contributed by atoms with Gasteiger partial charge < -0.3 is 10.8 Å². The summed E-state index contributed by atoms with van der Waals surface area (Å²) in [5.74, 6) is -1.11. The molecule has 0 spiro atoms. The molecule has 0 radical (unpaired) electrons. The van der Waals surface area contributed by atoms with Crippen molar-refractivity contribution in [2.45, 2.75) is 13.1 Å². The number of aromatic carboxylic acids is 1. The van der Waals surface area contributed by atoms with Crippen LogP contribution in [-0.4, -0.2) is 26.1 Å². The first kappa shape index (κ1) is 12.2. The van der Waals surface area contributed by atoms with Gasteiger partial charge in [-0.2, -0.15) is 0 Å². The second-order valence-electron chi connectivity index (χ2n) is 3.24. The third-order valence-corrected chi connectivity index (χ3v) is 4.13. The number of carboxylic acid groups (broad SMARTS) is 1. The van der Waals surface area contributed by atoms with Crippen molar-refractivity contribution in [1.82, 2.24) is 15.0 Å². The van der Waals surface area contributed by atoms with Crippen LogP contribution in [-0.2, 0) is 13.1 Å². The van der Waals surface area contributed by atoms with Crippen LogP contribution >= 0.6 is 27.3 Å². The number of hydrogen-bond acceptors (Lipinski definition) is 5. The van der Waals surface area contributed by atoms with E-state index in [1.165, 1.54) is 4.68 Å². The van der Waals surface area contributed by atoms with Gasteiger partial charge in [0.25, 0.3) is 0 Å². The Morgan fingerprint density at radius 3 is 2.94 bits per heavy atom. The smallest absolute Gasteiger partial charge is 0.358 e. The SMILES string of the molecule is NCc1c(C(=O)O)nnn1Cc1sccc1Br. The average Bonchev–Trinajstić information content (AvgIpc) is 2.86. The summed E-state index contributed by atoms with van der Waals surface area (Å²) >= 11 is 4.96. The van der Waals surface area contributed by atoms with Crippen molar-refractivity contribution >= 4 is 33.2 Å². The van der Waals surface area contributed by atoms with E-state index >= 15 is 0 Å². The Bertz CT molecular complexity index is 551. The minimum atomic E-state index is -1.11. The Morgan fingerprint density at radius 1 is 1.65 bits per heavy atom. The fraction of sp³-hybridized carbons (Fsp3) is 0.222. The van der Waals surface area contributed by atoms with Crippen molar-refractivity contribution in [3.8, 4) is 0 Å². The lowest BCUT2D eigenvalue weighted by Gasteiger charge is -2.03. The van der Waals surface area contributed by atoms with E-state index in [-0.39, 0.29) is 12.2 Å². The molecule has 0 fully saturated rings. The monoisotopic (exact) mass is 316 g/mol. The molecule has 8 heteroatoms. The Hall–Kier alpha value is -1.25. The number of thiophene rings is 1. The number of halogens is 1. The van der Waals surface area contributed by atoms with Gasteiger partial charge in [0.1, 0.15) is 0 Å². The molecule has 0 amide bonds. The highest BCUT2D eigenvalue weighted by Crippen LogP contribution is 2.23. The van der Waals surface area contributed by atoms with Crippen LogP contribution in [0.2, 0.25) is 0 Å². The lowest BCUT2D eigenvalue weighted by molar-refractivity contribution is 0.0689. The van der Waals surface area contributed by atoms with E-state index in [0.717, 1.165) is 9.35 Å². The van der Waals surface area contributed by atoms with Crippen molar-refractivity contribution in [3.63, 3.8) is 0 Å². The topological polar surface area (TPSA) is 94.0 Å². The molecule has 0 aliphatic carbocycles. The van der Waals surface area contributed by atoms with Gasteiger partial charge in [-0.15, -0.1) is 16.4 Å². The molecule has 0 unspecified atom stereocenters. The van der Waals surface area contributed by atoms with Crippen molar-refractivity contribution in [3.05, 3.63) is 32.2 Å².